The van der Waals surface area contributed by atoms with Crippen molar-refractivity contribution in [1.82, 2.24) is 0 Å². The molecule has 2 aromatic carbocycles. The maximum absolute atomic E-state index is 8.81. The van der Waals surface area contributed by atoms with Gasteiger partial charge in [-0.15, -0.1) is 0 Å². The molecule has 0 saturated carbocycles. The van der Waals surface area contributed by atoms with Crippen LogP contribution in [0.5, 0.6) is 11.5 Å². The van der Waals surface area contributed by atoms with Crippen molar-refractivity contribution >= 4 is 21.6 Å². The highest BCUT2D eigenvalue weighted by atomic mass is 79.9. The van der Waals surface area contributed by atoms with Crippen molar-refractivity contribution in [3.8, 4) is 11.5 Å². The maximum atomic E-state index is 8.81. The summed E-state index contributed by atoms with van der Waals surface area (Å²) < 4.78 is 12.1. The topological polar surface area (TPSA) is 51.0 Å². The monoisotopic (exact) mass is 349 g/mol. The first-order valence-electron chi connectivity index (χ1n) is 6.38. The van der Waals surface area contributed by atoms with Crippen LogP contribution < -0.4 is 9.47 Å². The first-order valence-corrected chi connectivity index (χ1v) is 7.17. The number of nitrogens with zero attached hydrogens (tertiary/aromatic N) is 1. The molecule has 0 aromatic heterocycles. The van der Waals surface area contributed by atoms with Gasteiger partial charge < -0.3 is 14.7 Å². The Hall–Kier alpha value is -2.01. The van der Waals surface area contributed by atoms with Crippen molar-refractivity contribution < 1.29 is 14.7 Å². The van der Waals surface area contributed by atoms with E-state index < -0.39 is 0 Å². The molecule has 0 atom stereocenters. The number of hydrogen-bond acceptors (Lipinski definition) is 4. The Morgan fingerprint density at radius 3 is 2.67 bits per heavy atom. The average molecular weight is 350 g/mol. The van der Waals surface area contributed by atoms with E-state index in [1.165, 1.54) is 0 Å². The van der Waals surface area contributed by atoms with Gasteiger partial charge in [-0.25, -0.2) is 0 Å². The molecule has 1 N–H and O–H groups in total. The molecule has 0 radical (unpaired) electrons. The van der Waals surface area contributed by atoms with Crippen LogP contribution in [0.3, 0.4) is 0 Å². The Bertz CT molecular complexity index is 656. The summed E-state index contributed by atoms with van der Waals surface area (Å²) in [4.78, 5) is 0. The SMILES string of the molecule is COc1cc(/C(C)=N/O)ccc1OCc1cccc(Br)c1. The first-order chi connectivity index (χ1) is 10.1. The second-order valence-corrected chi connectivity index (χ2v) is 5.39. The summed E-state index contributed by atoms with van der Waals surface area (Å²) in [6.45, 7) is 2.17. The molecule has 5 heteroatoms. The molecule has 0 bridgehead atoms. The molecule has 0 saturated heterocycles. The van der Waals surface area contributed by atoms with Gasteiger partial charge in [-0.05, 0) is 42.8 Å². The van der Waals surface area contributed by atoms with Crippen molar-refractivity contribution in [2.75, 3.05) is 7.11 Å². The van der Waals surface area contributed by atoms with Gasteiger partial charge in [-0.2, -0.15) is 0 Å². The van der Waals surface area contributed by atoms with Gasteiger partial charge in [0.05, 0.1) is 12.8 Å². The summed E-state index contributed by atoms with van der Waals surface area (Å²) in [5, 5.41) is 12.0. The predicted molar refractivity (Wildman–Crippen MR) is 85.5 cm³/mol. The molecule has 0 spiro atoms. The number of oxime groups is 1. The minimum atomic E-state index is 0.447. The van der Waals surface area contributed by atoms with Crippen molar-refractivity contribution in [2.24, 2.45) is 5.16 Å². The van der Waals surface area contributed by atoms with E-state index in [0.29, 0.717) is 23.8 Å². The zero-order valence-corrected chi connectivity index (χ0v) is 13.4. The van der Waals surface area contributed by atoms with E-state index >= 15 is 0 Å². The lowest BCUT2D eigenvalue weighted by Gasteiger charge is -2.12. The number of rotatable bonds is 5. The van der Waals surface area contributed by atoms with E-state index in [2.05, 4.69) is 21.1 Å². The van der Waals surface area contributed by atoms with E-state index in [9.17, 15) is 0 Å². The molecular formula is C16H16BrNO3. The zero-order chi connectivity index (χ0) is 15.2. The van der Waals surface area contributed by atoms with E-state index in [-0.39, 0.29) is 0 Å². The fourth-order valence-corrected chi connectivity index (χ4v) is 2.30. The molecule has 0 aliphatic carbocycles. The van der Waals surface area contributed by atoms with Gasteiger partial charge in [0.15, 0.2) is 11.5 Å². The molecule has 21 heavy (non-hydrogen) atoms. The minimum Gasteiger partial charge on any atom is -0.493 e. The number of ether oxygens (including phenoxy) is 2. The Morgan fingerprint density at radius 2 is 2.00 bits per heavy atom. The summed E-state index contributed by atoms with van der Waals surface area (Å²) in [5.74, 6) is 1.25. The van der Waals surface area contributed by atoms with Crippen LogP contribution in [0.1, 0.15) is 18.1 Å². The molecule has 0 fully saturated rings. The van der Waals surface area contributed by atoms with Crippen LogP contribution in [0.2, 0.25) is 0 Å². The molecule has 0 unspecified atom stereocenters. The van der Waals surface area contributed by atoms with Crippen LogP contribution in [0.25, 0.3) is 0 Å². The van der Waals surface area contributed by atoms with Crippen LogP contribution in [0.15, 0.2) is 52.1 Å². The molecule has 0 aliphatic rings. The number of halogens is 1. The van der Waals surface area contributed by atoms with Gasteiger partial charge in [0.2, 0.25) is 0 Å². The van der Waals surface area contributed by atoms with Crippen LogP contribution in [-0.4, -0.2) is 18.0 Å². The predicted octanol–water partition coefficient (Wildman–Crippen LogP) is 4.23. The first kappa shape index (κ1) is 15.4. The Labute approximate surface area is 132 Å². The highest BCUT2D eigenvalue weighted by molar-refractivity contribution is 9.10. The minimum absolute atomic E-state index is 0.447. The lowest BCUT2D eigenvalue weighted by Crippen LogP contribution is -2.00. The summed E-state index contributed by atoms with van der Waals surface area (Å²) in [5.41, 5.74) is 2.36. The third-order valence-corrected chi connectivity index (χ3v) is 3.51. The molecule has 4 nitrogen and oxygen atoms in total. The highest BCUT2D eigenvalue weighted by Gasteiger charge is 2.08. The standard InChI is InChI=1S/C16H16BrNO3/c1-11(18-19)13-6-7-15(16(9-13)20-2)21-10-12-4-3-5-14(17)8-12/h3-9,19H,10H2,1-2H3/b18-11+. The molecule has 110 valence electrons. The van der Waals surface area contributed by atoms with Crippen molar-refractivity contribution in [3.05, 3.63) is 58.1 Å². The Kier molecular flexibility index (Phi) is 5.22. The molecule has 2 aromatic rings. The van der Waals surface area contributed by atoms with Crippen LogP contribution in [0.4, 0.5) is 0 Å². The zero-order valence-electron chi connectivity index (χ0n) is 11.8. The van der Waals surface area contributed by atoms with E-state index in [1.54, 1.807) is 26.2 Å². The van der Waals surface area contributed by atoms with Gasteiger partial charge in [-0.3, -0.25) is 0 Å². The summed E-state index contributed by atoms with van der Waals surface area (Å²) in [6.07, 6.45) is 0. The van der Waals surface area contributed by atoms with Crippen LogP contribution >= 0.6 is 15.9 Å². The fraction of sp³-hybridized carbons (Fsp3) is 0.188. The van der Waals surface area contributed by atoms with Crippen molar-refractivity contribution in [2.45, 2.75) is 13.5 Å². The second kappa shape index (κ2) is 7.13. The third-order valence-electron chi connectivity index (χ3n) is 3.01. The lowest BCUT2D eigenvalue weighted by atomic mass is 10.1. The van der Waals surface area contributed by atoms with Crippen LogP contribution in [-0.2, 0) is 6.61 Å². The Morgan fingerprint density at radius 1 is 1.19 bits per heavy atom. The van der Waals surface area contributed by atoms with E-state index in [4.69, 9.17) is 14.7 Å². The molecule has 0 aliphatic heterocycles. The summed E-state index contributed by atoms with van der Waals surface area (Å²) in [7, 11) is 1.58. The number of benzene rings is 2. The largest absolute Gasteiger partial charge is 0.493 e. The molecule has 0 heterocycles. The molecule has 2 rings (SSSR count). The van der Waals surface area contributed by atoms with Crippen LogP contribution in [0, 0.1) is 0 Å². The molecule has 0 amide bonds. The van der Waals surface area contributed by atoms with E-state index in [1.807, 2.05) is 30.3 Å². The fourth-order valence-electron chi connectivity index (χ4n) is 1.86. The lowest BCUT2D eigenvalue weighted by molar-refractivity contribution is 0.284. The maximum Gasteiger partial charge on any atom is 0.161 e. The van der Waals surface area contributed by atoms with Gasteiger partial charge in [0, 0.05) is 10.0 Å². The summed E-state index contributed by atoms with van der Waals surface area (Å²) in [6, 6.07) is 13.3. The number of hydrogen-bond donors (Lipinski definition) is 1. The van der Waals surface area contributed by atoms with Gasteiger partial charge >= 0.3 is 0 Å². The summed E-state index contributed by atoms with van der Waals surface area (Å²) >= 11 is 3.43. The van der Waals surface area contributed by atoms with Gasteiger partial charge in [0.1, 0.15) is 6.61 Å². The smallest absolute Gasteiger partial charge is 0.161 e. The normalized spacial score (nSPS) is 11.3. The van der Waals surface area contributed by atoms with Gasteiger partial charge in [-0.1, -0.05) is 33.2 Å². The van der Waals surface area contributed by atoms with Gasteiger partial charge in [0.25, 0.3) is 0 Å². The highest BCUT2D eigenvalue weighted by Crippen LogP contribution is 2.29. The Balaban J connectivity index is 2.16. The molecular weight excluding hydrogens is 334 g/mol. The quantitative estimate of drug-likeness (QED) is 0.499. The van der Waals surface area contributed by atoms with E-state index in [0.717, 1.165) is 15.6 Å². The number of methoxy groups -OCH3 is 1. The second-order valence-electron chi connectivity index (χ2n) is 4.47. The van der Waals surface area contributed by atoms with Crippen molar-refractivity contribution in [1.29, 1.82) is 0 Å². The average Bonchev–Trinajstić information content (AvgIpc) is 2.52. The van der Waals surface area contributed by atoms with Crippen molar-refractivity contribution in [3.63, 3.8) is 0 Å². The third kappa shape index (κ3) is 3.98.